The Hall–Kier alpha value is -2.61. The van der Waals surface area contributed by atoms with Gasteiger partial charge in [0, 0.05) is 11.6 Å². The van der Waals surface area contributed by atoms with Crippen molar-refractivity contribution < 1.29 is 4.79 Å². The SMILES string of the molecule is CC(C(=O)Nc1nccs1)n1nnc2ccccc2c1=O. The van der Waals surface area contributed by atoms with Crippen molar-refractivity contribution in [3.05, 3.63) is 46.2 Å². The number of benzene rings is 1. The number of nitrogens with one attached hydrogen (secondary N) is 1. The lowest BCUT2D eigenvalue weighted by Gasteiger charge is -2.12. The summed E-state index contributed by atoms with van der Waals surface area (Å²) >= 11 is 1.30. The summed E-state index contributed by atoms with van der Waals surface area (Å²) in [6.07, 6.45) is 1.59. The molecule has 106 valence electrons. The molecule has 0 radical (unpaired) electrons. The van der Waals surface area contributed by atoms with Gasteiger partial charge in [0.05, 0.1) is 5.39 Å². The maximum Gasteiger partial charge on any atom is 0.278 e. The second-order valence-electron chi connectivity index (χ2n) is 4.36. The van der Waals surface area contributed by atoms with Crippen molar-refractivity contribution in [3.63, 3.8) is 0 Å². The summed E-state index contributed by atoms with van der Waals surface area (Å²) in [4.78, 5) is 28.4. The third-order valence-electron chi connectivity index (χ3n) is 3.00. The van der Waals surface area contributed by atoms with Crippen LogP contribution in [0.25, 0.3) is 10.9 Å². The van der Waals surface area contributed by atoms with E-state index in [1.807, 2.05) is 0 Å². The summed E-state index contributed by atoms with van der Waals surface area (Å²) in [5, 5.41) is 13.1. The standard InChI is InChI=1S/C13H11N5O2S/c1-8(11(19)15-13-14-6-7-21-13)18-12(20)9-4-2-3-5-10(9)16-17-18/h2-8H,1H3,(H,14,15,19). The monoisotopic (exact) mass is 301 g/mol. The highest BCUT2D eigenvalue weighted by Gasteiger charge is 2.19. The minimum absolute atomic E-state index is 0.345. The molecule has 3 rings (SSSR count). The summed E-state index contributed by atoms with van der Waals surface area (Å²) in [5.74, 6) is -0.364. The fraction of sp³-hybridized carbons (Fsp3) is 0.154. The van der Waals surface area contributed by atoms with E-state index in [2.05, 4.69) is 20.6 Å². The molecule has 0 aliphatic heterocycles. The van der Waals surface area contributed by atoms with Crippen LogP contribution in [-0.2, 0) is 4.79 Å². The van der Waals surface area contributed by atoms with Crippen molar-refractivity contribution in [1.29, 1.82) is 0 Å². The van der Waals surface area contributed by atoms with Gasteiger partial charge in [-0.15, -0.1) is 16.4 Å². The zero-order valence-electron chi connectivity index (χ0n) is 11.1. The Labute approximate surface area is 123 Å². The van der Waals surface area contributed by atoms with Crippen LogP contribution in [0.4, 0.5) is 5.13 Å². The van der Waals surface area contributed by atoms with Crippen LogP contribution < -0.4 is 10.9 Å². The van der Waals surface area contributed by atoms with E-state index in [1.54, 1.807) is 42.8 Å². The normalized spacial score (nSPS) is 12.2. The molecule has 0 aliphatic rings. The van der Waals surface area contributed by atoms with Gasteiger partial charge in [0.1, 0.15) is 11.6 Å². The zero-order valence-corrected chi connectivity index (χ0v) is 11.9. The minimum Gasteiger partial charge on any atom is -0.300 e. The van der Waals surface area contributed by atoms with Crippen LogP contribution in [-0.4, -0.2) is 25.9 Å². The first-order valence-electron chi connectivity index (χ1n) is 6.21. The fourth-order valence-corrected chi connectivity index (χ4v) is 2.39. The Morgan fingerprint density at radius 1 is 1.38 bits per heavy atom. The van der Waals surface area contributed by atoms with E-state index in [0.29, 0.717) is 16.0 Å². The molecule has 0 aliphatic carbocycles. The van der Waals surface area contributed by atoms with Gasteiger partial charge in [-0.05, 0) is 19.1 Å². The molecule has 1 unspecified atom stereocenters. The molecule has 8 heteroatoms. The van der Waals surface area contributed by atoms with Gasteiger partial charge in [-0.2, -0.15) is 4.68 Å². The second kappa shape index (κ2) is 5.41. The number of hydrogen-bond acceptors (Lipinski definition) is 6. The predicted molar refractivity (Wildman–Crippen MR) is 79.3 cm³/mol. The highest BCUT2D eigenvalue weighted by atomic mass is 32.1. The van der Waals surface area contributed by atoms with E-state index < -0.39 is 6.04 Å². The first-order chi connectivity index (χ1) is 10.2. The van der Waals surface area contributed by atoms with Crippen molar-refractivity contribution in [3.8, 4) is 0 Å². The maximum absolute atomic E-state index is 12.3. The number of rotatable bonds is 3. The molecule has 0 saturated heterocycles. The number of carbonyl (C=O) groups excluding carboxylic acids is 1. The van der Waals surface area contributed by atoms with Crippen molar-refractivity contribution in [2.24, 2.45) is 0 Å². The molecule has 1 amide bonds. The van der Waals surface area contributed by atoms with E-state index in [-0.39, 0.29) is 11.5 Å². The lowest BCUT2D eigenvalue weighted by Crippen LogP contribution is -2.34. The summed E-state index contributed by atoms with van der Waals surface area (Å²) in [6.45, 7) is 1.59. The Bertz CT molecular complexity index is 843. The number of aromatic nitrogens is 4. The number of nitrogens with zero attached hydrogens (tertiary/aromatic N) is 4. The number of anilines is 1. The molecule has 0 fully saturated rings. The maximum atomic E-state index is 12.3. The van der Waals surface area contributed by atoms with Crippen LogP contribution in [0.1, 0.15) is 13.0 Å². The van der Waals surface area contributed by atoms with Crippen LogP contribution in [0.5, 0.6) is 0 Å². The fourth-order valence-electron chi connectivity index (χ4n) is 1.86. The van der Waals surface area contributed by atoms with Crippen LogP contribution >= 0.6 is 11.3 Å². The van der Waals surface area contributed by atoms with Crippen molar-refractivity contribution in [2.45, 2.75) is 13.0 Å². The van der Waals surface area contributed by atoms with E-state index in [9.17, 15) is 9.59 Å². The van der Waals surface area contributed by atoms with E-state index in [1.165, 1.54) is 11.3 Å². The first kappa shape index (κ1) is 13.4. The molecule has 1 aromatic carbocycles. The number of amides is 1. The Morgan fingerprint density at radius 3 is 2.95 bits per heavy atom. The molecular formula is C13H11N5O2S. The molecular weight excluding hydrogens is 290 g/mol. The topological polar surface area (TPSA) is 89.8 Å². The van der Waals surface area contributed by atoms with Crippen molar-refractivity contribution in [1.82, 2.24) is 20.0 Å². The van der Waals surface area contributed by atoms with E-state index in [4.69, 9.17) is 0 Å². The van der Waals surface area contributed by atoms with Gasteiger partial charge in [0.2, 0.25) is 0 Å². The summed E-state index contributed by atoms with van der Waals surface area (Å²) in [5.41, 5.74) is 0.161. The molecule has 1 N–H and O–H groups in total. The molecule has 3 aromatic rings. The van der Waals surface area contributed by atoms with Crippen molar-refractivity contribution in [2.75, 3.05) is 5.32 Å². The summed E-state index contributed by atoms with van der Waals surface area (Å²) in [6, 6.07) is 6.11. The highest BCUT2D eigenvalue weighted by Crippen LogP contribution is 2.13. The number of carbonyl (C=O) groups is 1. The Balaban J connectivity index is 1.94. The molecule has 21 heavy (non-hydrogen) atoms. The molecule has 2 aromatic heterocycles. The minimum atomic E-state index is -0.779. The molecule has 7 nitrogen and oxygen atoms in total. The van der Waals surface area contributed by atoms with Gasteiger partial charge < -0.3 is 5.32 Å². The Morgan fingerprint density at radius 2 is 2.19 bits per heavy atom. The number of fused-ring (bicyclic) bond motifs is 1. The largest absolute Gasteiger partial charge is 0.300 e. The predicted octanol–water partition coefficient (Wildman–Crippen LogP) is 1.45. The highest BCUT2D eigenvalue weighted by molar-refractivity contribution is 7.13. The Kier molecular flexibility index (Phi) is 3.44. The number of hydrogen-bond donors (Lipinski definition) is 1. The van der Waals surface area contributed by atoms with Crippen LogP contribution in [0.15, 0.2) is 40.6 Å². The zero-order chi connectivity index (χ0) is 14.8. The average molecular weight is 301 g/mol. The summed E-state index contributed by atoms with van der Waals surface area (Å²) in [7, 11) is 0. The third kappa shape index (κ3) is 2.52. The molecule has 0 spiro atoms. The van der Waals surface area contributed by atoms with Gasteiger partial charge in [-0.25, -0.2) is 4.98 Å². The van der Waals surface area contributed by atoms with E-state index in [0.717, 1.165) is 4.68 Å². The lowest BCUT2D eigenvalue weighted by atomic mass is 10.2. The first-order valence-corrected chi connectivity index (χ1v) is 7.09. The second-order valence-corrected chi connectivity index (χ2v) is 5.25. The quantitative estimate of drug-likeness (QED) is 0.790. The smallest absolute Gasteiger partial charge is 0.278 e. The average Bonchev–Trinajstić information content (AvgIpc) is 3.00. The van der Waals surface area contributed by atoms with Gasteiger partial charge >= 0.3 is 0 Å². The van der Waals surface area contributed by atoms with Gasteiger partial charge in [-0.1, -0.05) is 17.3 Å². The van der Waals surface area contributed by atoms with Gasteiger partial charge in [-0.3, -0.25) is 9.59 Å². The van der Waals surface area contributed by atoms with Crippen LogP contribution in [0.2, 0.25) is 0 Å². The van der Waals surface area contributed by atoms with Crippen LogP contribution in [0, 0.1) is 0 Å². The van der Waals surface area contributed by atoms with Gasteiger partial charge in [0.25, 0.3) is 11.5 Å². The number of thiazole rings is 1. The third-order valence-corrected chi connectivity index (χ3v) is 3.69. The lowest BCUT2D eigenvalue weighted by molar-refractivity contribution is -0.119. The molecule has 1 atom stereocenters. The van der Waals surface area contributed by atoms with Crippen molar-refractivity contribution >= 4 is 33.3 Å². The van der Waals surface area contributed by atoms with Gasteiger partial charge in [0.15, 0.2) is 5.13 Å². The van der Waals surface area contributed by atoms with Crippen LogP contribution in [0.3, 0.4) is 0 Å². The summed E-state index contributed by atoms with van der Waals surface area (Å²) < 4.78 is 1.07. The molecule has 2 heterocycles. The molecule has 0 bridgehead atoms. The van der Waals surface area contributed by atoms with E-state index >= 15 is 0 Å². The molecule has 0 saturated carbocycles.